The standard InChI is InChI=1S/C28H21Cl2N3O4/c1-17-6-2-4-8-20(17)27(35)31-16-26(34)33-32-15-23-21-9-5-3-7-18(21)10-13-25(23)37-28(36)22-12-11-19(29)14-24(22)30/h2-15H,16H2,1H3,(H,31,35)(H,33,34)/b32-15-. The van der Waals surface area contributed by atoms with E-state index in [9.17, 15) is 14.4 Å². The zero-order valence-electron chi connectivity index (χ0n) is 19.6. The molecule has 0 radical (unpaired) electrons. The van der Waals surface area contributed by atoms with Crippen molar-refractivity contribution >= 4 is 58.0 Å². The van der Waals surface area contributed by atoms with Crippen LogP contribution in [0.1, 0.15) is 31.8 Å². The van der Waals surface area contributed by atoms with Gasteiger partial charge in [0.1, 0.15) is 5.75 Å². The lowest BCUT2D eigenvalue weighted by atomic mass is 10.0. The van der Waals surface area contributed by atoms with Crippen molar-refractivity contribution in [3.63, 3.8) is 0 Å². The van der Waals surface area contributed by atoms with Crippen LogP contribution in [0.2, 0.25) is 10.0 Å². The lowest BCUT2D eigenvalue weighted by Crippen LogP contribution is -2.35. The number of aryl methyl sites for hydroxylation is 1. The Labute approximate surface area is 223 Å². The van der Waals surface area contributed by atoms with Crippen molar-refractivity contribution in [2.45, 2.75) is 6.92 Å². The molecule has 9 heteroatoms. The molecule has 0 aliphatic carbocycles. The van der Waals surface area contributed by atoms with Crippen LogP contribution in [0.3, 0.4) is 0 Å². The first-order valence-electron chi connectivity index (χ1n) is 11.2. The minimum atomic E-state index is -0.672. The quantitative estimate of drug-likeness (QED) is 0.141. The summed E-state index contributed by atoms with van der Waals surface area (Å²) in [5.41, 5.74) is 4.30. The molecule has 0 bridgehead atoms. The predicted octanol–water partition coefficient (Wildman–Crippen LogP) is 5.55. The average Bonchev–Trinajstić information content (AvgIpc) is 2.88. The van der Waals surface area contributed by atoms with Crippen molar-refractivity contribution in [2.24, 2.45) is 5.10 Å². The zero-order valence-corrected chi connectivity index (χ0v) is 21.1. The Kier molecular flexibility index (Phi) is 8.18. The van der Waals surface area contributed by atoms with E-state index in [1.54, 1.807) is 30.3 Å². The maximum atomic E-state index is 12.8. The summed E-state index contributed by atoms with van der Waals surface area (Å²) in [6.45, 7) is 1.55. The van der Waals surface area contributed by atoms with Gasteiger partial charge in [-0.1, -0.05) is 71.7 Å². The second kappa shape index (κ2) is 11.7. The Morgan fingerprint density at radius 1 is 0.919 bits per heavy atom. The fourth-order valence-corrected chi connectivity index (χ4v) is 4.09. The summed E-state index contributed by atoms with van der Waals surface area (Å²) in [6, 6.07) is 22.4. The van der Waals surface area contributed by atoms with Crippen molar-refractivity contribution in [3.8, 4) is 5.75 Å². The molecule has 2 amide bonds. The van der Waals surface area contributed by atoms with Gasteiger partial charge < -0.3 is 10.1 Å². The van der Waals surface area contributed by atoms with E-state index in [0.717, 1.165) is 16.3 Å². The van der Waals surface area contributed by atoms with Crippen LogP contribution in [0.5, 0.6) is 5.75 Å². The van der Waals surface area contributed by atoms with E-state index in [1.165, 1.54) is 18.3 Å². The molecule has 0 saturated heterocycles. The third-order valence-corrected chi connectivity index (χ3v) is 6.01. The summed E-state index contributed by atoms with van der Waals surface area (Å²) in [5, 5.41) is 8.77. The second-order valence-corrected chi connectivity index (χ2v) is 8.85. The minimum absolute atomic E-state index is 0.153. The Bertz CT molecular complexity index is 1540. The van der Waals surface area contributed by atoms with E-state index in [1.807, 2.05) is 43.3 Å². The van der Waals surface area contributed by atoms with Crippen LogP contribution in [-0.2, 0) is 4.79 Å². The van der Waals surface area contributed by atoms with Gasteiger partial charge >= 0.3 is 5.97 Å². The summed E-state index contributed by atoms with van der Waals surface area (Å²) in [4.78, 5) is 37.4. The van der Waals surface area contributed by atoms with Gasteiger partial charge in [0.05, 0.1) is 23.3 Å². The molecular formula is C28H21Cl2N3O4. The number of hydrazone groups is 1. The van der Waals surface area contributed by atoms with Crippen LogP contribution < -0.4 is 15.5 Å². The molecule has 0 fully saturated rings. The monoisotopic (exact) mass is 533 g/mol. The van der Waals surface area contributed by atoms with Crippen molar-refractivity contribution in [3.05, 3.63) is 111 Å². The first-order chi connectivity index (χ1) is 17.8. The molecule has 0 saturated carbocycles. The first-order valence-corrected chi connectivity index (χ1v) is 11.9. The topological polar surface area (TPSA) is 96.9 Å². The third kappa shape index (κ3) is 6.33. The van der Waals surface area contributed by atoms with E-state index in [0.29, 0.717) is 16.1 Å². The lowest BCUT2D eigenvalue weighted by molar-refractivity contribution is -0.120. The van der Waals surface area contributed by atoms with E-state index < -0.39 is 11.9 Å². The van der Waals surface area contributed by atoms with Gasteiger partial charge in [0.25, 0.3) is 11.8 Å². The number of ether oxygens (including phenoxy) is 1. The first kappa shape index (κ1) is 25.9. The molecule has 4 rings (SSSR count). The molecule has 0 atom stereocenters. The van der Waals surface area contributed by atoms with Gasteiger partial charge in [0.15, 0.2) is 0 Å². The molecule has 2 N–H and O–H groups in total. The van der Waals surface area contributed by atoms with Crippen molar-refractivity contribution in [1.82, 2.24) is 10.7 Å². The van der Waals surface area contributed by atoms with E-state index in [2.05, 4.69) is 15.8 Å². The van der Waals surface area contributed by atoms with Gasteiger partial charge in [-0.25, -0.2) is 10.2 Å². The smallest absolute Gasteiger partial charge is 0.345 e. The highest BCUT2D eigenvalue weighted by molar-refractivity contribution is 6.36. The Morgan fingerprint density at radius 3 is 2.46 bits per heavy atom. The Morgan fingerprint density at radius 2 is 1.68 bits per heavy atom. The summed E-state index contributed by atoms with van der Waals surface area (Å²) in [6.07, 6.45) is 1.38. The molecule has 4 aromatic rings. The second-order valence-electron chi connectivity index (χ2n) is 8.00. The van der Waals surface area contributed by atoms with Crippen LogP contribution in [0.4, 0.5) is 0 Å². The summed E-state index contributed by atoms with van der Waals surface area (Å²) >= 11 is 12.1. The third-order valence-electron chi connectivity index (χ3n) is 5.47. The molecule has 37 heavy (non-hydrogen) atoms. The number of hydrogen-bond acceptors (Lipinski definition) is 5. The maximum absolute atomic E-state index is 12.8. The highest BCUT2D eigenvalue weighted by Gasteiger charge is 2.17. The van der Waals surface area contributed by atoms with Gasteiger partial charge in [-0.05, 0) is 53.6 Å². The number of nitrogens with one attached hydrogen (secondary N) is 2. The number of rotatable bonds is 7. The lowest BCUT2D eigenvalue weighted by Gasteiger charge is -2.11. The zero-order chi connectivity index (χ0) is 26.4. The normalized spacial score (nSPS) is 10.9. The van der Waals surface area contributed by atoms with Crippen molar-refractivity contribution in [1.29, 1.82) is 0 Å². The van der Waals surface area contributed by atoms with Gasteiger partial charge in [-0.2, -0.15) is 5.10 Å². The fourth-order valence-electron chi connectivity index (χ4n) is 3.60. The number of nitrogens with zero attached hydrogens (tertiary/aromatic N) is 1. The number of halogens is 2. The number of fused-ring (bicyclic) bond motifs is 1. The molecule has 0 aliphatic rings. The molecule has 0 unspecified atom stereocenters. The van der Waals surface area contributed by atoms with E-state index >= 15 is 0 Å². The summed E-state index contributed by atoms with van der Waals surface area (Å²) in [7, 11) is 0. The number of carbonyl (C=O) groups is 3. The van der Waals surface area contributed by atoms with E-state index in [4.69, 9.17) is 27.9 Å². The molecule has 4 aromatic carbocycles. The molecule has 0 heterocycles. The SMILES string of the molecule is Cc1ccccc1C(=O)NCC(=O)N/N=C\c1c(OC(=O)c2ccc(Cl)cc2Cl)ccc2ccccc12. The van der Waals surface area contributed by atoms with Gasteiger partial charge in [0, 0.05) is 16.1 Å². The van der Waals surface area contributed by atoms with Crippen LogP contribution >= 0.6 is 23.2 Å². The molecule has 186 valence electrons. The Hall–Kier alpha value is -4.20. The molecule has 7 nitrogen and oxygen atoms in total. The molecule has 0 spiro atoms. The number of hydrogen-bond donors (Lipinski definition) is 2. The average molecular weight is 534 g/mol. The molecule has 0 aliphatic heterocycles. The number of carbonyl (C=O) groups excluding carboxylic acids is 3. The predicted molar refractivity (Wildman–Crippen MR) is 145 cm³/mol. The van der Waals surface area contributed by atoms with Gasteiger partial charge in [-0.3, -0.25) is 9.59 Å². The van der Waals surface area contributed by atoms with Gasteiger partial charge in [0.2, 0.25) is 0 Å². The largest absolute Gasteiger partial charge is 0.422 e. The Balaban J connectivity index is 1.49. The van der Waals surface area contributed by atoms with Crippen LogP contribution in [0.15, 0.2) is 84.0 Å². The molecular weight excluding hydrogens is 513 g/mol. The number of benzene rings is 4. The van der Waals surface area contributed by atoms with Crippen molar-refractivity contribution in [2.75, 3.05) is 6.54 Å². The molecule has 0 aromatic heterocycles. The highest BCUT2D eigenvalue weighted by atomic mass is 35.5. The van der Waals surface area contributed by atoms with Crippen LogP contribution in [0, 0.1) is 6.92 Å². The van der Waals surface area contributed by atoms with Crippen LogP contribution in [-0.4, -0.2) is 30.5 Å². The van der Waals surface area contributed by atoms with Gasteiger partial charge in [-0.15, -0.1) is 0 Å². The van der Waals surface area contributed by atoms with Crippen LogP contribution in [0.25, 0.3) is 10.8 Å². The minimum Gasteiger partial charge on any atom is -0.422 e. The number of amides is 2. The van der Waals surface area contributed by atoms with Crippen molar-refractivity contribution < 1.29 is 19.1 Å². The summed E-state index contributed by atoms with van der Waals surface area (Å²) in [5.74, 6) is -1.33. The number of esters is 1. The fraction of sp³-hybridized carbons (Fsp3) is 0.0714. The summed E-state index contributed by atoms with van der Waals surface area (Å²) < 4.78 is 5.63. The van der Waals surface area contributed by atoms with E-state index in [-0.39, 0.29) is 28.8 Å². The maximum Gasteiger partial charge on any atom is 0.345 e. The highest BCUT2D eigenvalue weighted by Crippen LogP contribution is 2.29.